The lowest BCUT2D eigenvalue weighted by atomic mass is 10.2. The third kappa shape index (κ3) is 3.03. The van der Waals surface area contributed by atoms with Crippen molar-refractivity contribution >= 4 is 23.2 Å². The molecule has 2 aromatic rings. The van der Waals surface area contributed by atoms with E-state index in [9.17, 15) is 18.0 Å². The molecule has 19 heavy (non-hydrogen) atoms. The predicted molar refractivity (Wildman–Crippen MR) is 63.5 cm³/mol. The molecule has 0 aliphatic carbocycles. The minimum atomic E-state index is -1.02. The summed E-state index contributed by atoms with van der Waals surface area (Å²) >= 11 is 5.62. The maximum absolute atomic E-state index is 13.4. The first kappa shape index (κ1) is 13.4. The number of carbonyl (C=O) groups excluding carboxylic acids is 1. The summed E-state index contributed by atoms with van der Waals surface area (Å²) in [5.74, 6) is -3.52. The van der Waals surface area contributed by atoms with Gasteiger partial charge in [0.2, 0.25) is 5.95 Å². The van der Waals surface area contributed by atoms with Gasteiger partial charge in [0.25, 0.3) is 5.91 Å². The minimum absolute atomic E-state index is 0.0627. The number of halogens is 4. The summed E-state index contributed by atoms with van der Waals surface area (Å²) in [7, 11) is 0. The molecule has 1 heterocycles. The Morgan fingerprint density at radius 2 is 1.95 bits per heavy atom. The van der Waals surface area contributed by atoms with Crippen LogP contribution in [0.4, 0.5) is 18.9 Å². The molecule has 7 heteroatoms. The summed E-state index contributed by atoms with van der Waals surface area (Å²) in [6.07, 6.45) is 1.09. The van der Waals surface area contributed by atoms with Gasteiger partial charge in [-0.05, 0) is 12.1 Å². The highest BCUT2D eigenvalue weighted by Crippen LogP contribution is 2.26. The molecule has 1 amide bonds. The lowest BCUT2D eigenvalue weighted by molar-refractivity contribution is 0.102. The van der Waals surface area contributed by atoms with E-state index in [1.165, 1.54) is 6.07 Å². The Balaban J connectivity index is 2.29. The Labute approximate surface area is 111 Å². The van der Waals surface area contributed by atoms with Crippen LogP contribution in [0.3, 0.4) is 0 Å². The number of amides is 1. The highest BCUT2D eigenvalue weighted by atomic mass is 35.5. The molecular weight excluding hydrogens is 281 g/mol. The molecule has 1 aromatic heterocycles. The first-order valence-electron chi connectivity index (χ1n) is 5.05. The fourth-order valence-corrected chi connectivity index (χ4v) is 1.63. The van der Waals surface area contributed by atoms with Crippen LogP contribution in [0.1, 0.15) is 10.4 Å². The lowest BCUT2D eigenvalue weighted by Gasteiger charge is -2.08. The number of rotatable bonds is 2. The fourth-order valence-electron chi connectivity index (χ4n) is 1.39. The van der Waals surface area contributed by atoms with Gasteiger partial charge in [0, 0.05) is 23.9 Å². The first-order chi connectivity index (χ1) is 8.97. The fraction of sp³-hybridized carbons (Fsp3) is 0. The predicted octanol–water partition coefficient (Wildman–Crippen LogP) is 3.40. The van der Waals surface area contributed by atoms with E-state index in [2.05, 4.69) is 10.3 Å². The van der Waals surface area contributed by atoms with Crippen molar-refractivity contribution in [3.63, 3.8) is 0 Å². The number of hydrogen-bond donors (Lipinski definition) is 1. The van der Waals surface area contributed by atoms with Crippen LogP contribution in [0, 0.1) is 17.6 Å². The van der Waals surface area contributed by atoms with Crippen LogP contribution in [0.5, 0.6) is 0 Å². The molecule has 0 bridgehead atoms. The smallest absolute Gasteiger partial charge is 0.255 e. The Morgan fingerprint density at radius 3 is 2.58 bits per heavy atom. The van der Waals surface area contributed by atoms with Crippen molar-refractivity contribution in [2.75, 3.05) is 5.32 Å². The molecule has 0 atom stereocenters. The number of pyridine rings is 1. The van der Waals surface area contributed by atoms with Gasteiger partial charge in [0.15, 0.2) is 5.82 Å². The number of nitrogens with one attached hydrogen (secondary N) is 1. The molecule has 0 spiro atoms. The standard InChI is InChI=1S/C12H6ClF3N2O/c13-8-4-7(14)5-9(15)11(8)18-12(19)6-1-2-17-10(16)3-6/h1-5H,(H,18,19). The van der Waals surface area contributed by atoms with Gasteiger partial charge in [0.1, 0.15) is 5.82 Å². The molecule has 0 fully saturated rings. The van der Waals surface area contributed by atoms with Crippen molar-refractivity contribution in [1.29, 1.82) is 0 Å². The second-order valence-electron chi connectivity index (χ2n) is 3.57. The number of anilines is 1. The molecule has 0 saturated carbocycles. The van der Waals surface area contributed by atoms with Crippen molar-refractivity contribution in [2.45, 2.75) is 0 Å². The van der Waals surface area contributed by atoms with Gasteiger partial charge in [-0.2, -0.15) is 4.39 Å². The number of carbonyl (C=O) groups is 1. The zero-order chi connectivity index (χ0) is 14.0. The van der Waals surface area contributed by atoms with E-state index in [1.54, 1.807) is 0 Å². The molecule has 0 saturated heterocycles. The van der Waals surface area contributed by atoms with Crippen molar-refractivity contribution in [2.24, 2.45) is 0 Å². The highest BCUT2D eigenvalue weighted by Gasteiger charge is 2.14. The van der Waals surface area contributed by atoms with Gasteiger partial charge in [-0.3, -0.25) is 4.79 Å². The average molecular weight is 287 g/mol. The molecule has 1 N–H and O–H groups in total. The minimum Gasteiger partial charge on any atom is -0.318 e. The molecule has 3 nitrogen and oxygen atoms in total. The number of benzene rings is 1. The third-order valence-corrected chi connectivity index (χ3v) is 2.53. The van der Waals surface area contributed by atoms with E-state index in [0.717, 1.165) is 18.3 Å². The summed E-state index contributed by atoms with van der Waals surface area (Å²) in [5.41, 5.74) is -0.433. The summed E-state index contributed by atoms with van der Waals surface area (Å²) < 4.78 is 39.1. The van der Waals surface area contributed by atoms with E-state index in [0.29, 0.717) is 6.07 Å². The Hall–Kier alpha value is -2.08. The van der Waals surface area contributed by atoms with Crippen LogP contribution in [0.15, 0.2) is 30.5 Å². The van der Waals surface area contributed by atoms with Gasteiger partial charge < -0.3 is 5.32 Å². The van der Waals surface area contributed by atoms with Gasteiger partial charge in [-0.1, -0.05) is 11.6 Å². The van der Waals surface area contributed by atoms with E-state index in [1.807, 2.05) is 0 Å². The number of aromatic nitrogens is 1. The van der Waals surface area contributed by atoms with E-state index < -0.39 is 23.5 Å². The Morgan fingerprint density at radius 1 is 1.21 bits per heavy atom. The largest absolute Gasteiger partial charge is 0.318 e. The topological polar surface area (TPSA) is 42.0 Å². The summed E-state index contributed by atoms with van der Waals surface area (Å²) in [5, 5.41) is 1.85. The average Bonchev–Trinajstić information content (AvgIpc) is 2.33. The quantitative estimate of drug-likeness (QED) is 0.860. The van der Waals surface area contributed by atoms with Crippen molar-refractivity contribution in [1.82, 2.24) is 4.98 Å². The van der Waals surface area contributed by atoms with Crippen LogP contribution < -0.4 is 5.32 Å². The van der Waals surface area contributed by atoms with Gasteiger partial charge >= 0.3 is 0 Å². The monoisotopic (exact) mass is 286 g/mol. The van der Waals surface area contributed by atoms with Crippen molar-refractivity contribution in [3.8, 4) is 0 Å². The maximum atomic E-state index is 13.4. The van der Waals surface area contributed by atoms with Crippen LogP contribution >= 0.6 is 11.6 Å². The second kappa shape index (κ2) is 5.27. The summed E-state index contributed by atoms with van der Waals surface area (Å²) in [4.78, 5) is 15.0. The molecule has 0 radical (unpaired) electrons. The number of nitrogens with zero attached hydrogens (tertiary/aromatic N) is 1. The molecular formula is C12H6ClF3N2O. The van der Waals surface area contributed by atoms with Crippen LogP contribution in [-0.2, 0) is 0 Å². The maximum Gasteiger partial charge on any atom is 0.255 e. The lowest BCUT2D eigenvalue weighted by Crippen LogP contribution is -2.14. The van der Waals surface area contributed by atoms with E-state index in [-0.39, 0.29) is 16.3 Å². The van der Waals surface area contributed by atoms with Crippen LogP contribution in [0.2, 0.25) is 5.02 Å². The Kier molecular flexibility index (Phi) is 3.71. The third-order valence-electron chi connectivity index (χ3n) is 2.23. The van der Waals surface area contributed by atoms with Gasteiger partial charge in [-0.25, -0.2) is 13.8 Å². The first-order valence-corrected chi connectivity index (χ1v) is 5.42. The van der Waals surface area contributed by atoms with E-state index >= 15 is 0 Å². The summed E-state index contributed by atoms with van der Waals surface area (Å²) in [6.45, 7) is 0. The summed E-state index contributed by atoms with van der Waals surface area (Å²) in [6, 6.07) is 3.56. The van der Waals surface area contributed by atoms with Gasteiger partial charge in [0.05, 0.1) is 10.7 Å². The van der Waals surface area contributed by atoms with Crippen LogP contribution in [-0.4, -0.2) is 10.9 Å². The number of hydrogen-bond acceptors (Lipinski definition) is 2. The molecule has 2 rings (SSSR count). The van der Waals surface area contributed by atoms with Gasteiger partial charge in [-0.15, -0.1) is 0 Å². The zero-order valence-electron chi connectivity index (χ0n) is 9.25. The highest BCUT2D eigenvalue weighted by molar-refractivity contribution is 6.34. The second-order valence-corrected chi connectivity index (χ2v) is 3.97. The SMILES string of the molecule is O=C(Nc1c(F)cc(F)cc1Cl)c1ccnc(F)c1. The molecule has 0 aliphatic rings. The van der Waals surface area contributed by atoms with Crippen molar-refractivity contribution < 1.29 is 18.0 Å². The van der Waals surface area contributed by atoms with E-state index in [4.69, 9.17) is 11.6 Å². The molecule has 0 aliphatic heterocycles. The normalized spacial score (nSPS) is 10.3. The Bertz CT molecular complexity index is 626. The van der Waals surface area contributed by atoms with Crippen molar-refractivity contribution in [3.05, 3.63) is 58.6 Å². The molecule has 98 valence electrons. The molecule has 0 unspecified atom stereocenters. The van der Waals surface area contributed by atoms with Crippen LogP contribution in [0.25, 0.3) is 0 Å². The molecule has 1 aromatic carbocycles. The zero-order valence-corrected chi connectivity index (χ0v) is 10.0.